The summed E-state index contributed by atoms with van der Waals surface area (Å²) >= 11 is 3.36. The molecule has 0 unspecified atom stereocenters. The molecule has 0 atom stereocenters. The summed E-state index contributed by atoms with van der Waals surface area (Å²) in [4.78, 5) is 40.2. The SMILES string of the molecule is Cc1ccc(C(=O)N2CCN(CC(=O)NCC(=O)Nc3ccccc3Br)CC2)o1. The van der Waals surface area contributed by atoms with Gasteiger partial charge in [-0.1, -0.05) is 12.1 Å². The van der Waals surface area contributed by atoms with Crippen LogP contribution < -0.4 is 10.6 Å². The fraction of sp³-hybridized carbons (Fsp3) is 0.350. The van der Waals surface area contributed by atoms with Crippen molar-refractivity contribution in [3.63, 3.8) is 0 Å². The van der Waals surface area contributed by atoms with Gasteiger partial charge in [0.05, 0.1) is 18.8 Å². The molecular formula is C20H23BrN4O4. The molecule has 0 saturated carbocycles. The van der Waals surface area contributed by atoms with Crippen molar-refractivity contribution in [3.05, 3.63) is 52.4 Å². The van der Waals surface area contributed by atoms with E-state index in [1.54, 1.807) is 30.0 Å². The van der Waals surface area contributed by atoms with Crippen LogP contribution >= 0.6 is 15.9 Å². The summed E-state index contributed by atoms with van der Waals surface area (Å²) in [5.41, 5.74) is 0.652. The lowest BCUT2D eigenvalue weighted by molar-refractivity contribution is -0.125. The average Bonchev–Trinajstić information content (AvgIpc) is 3.14. The largest absolute Gasteiger partial charge is 0.456 e. The number of furan rings is 1. The van der Waals surface area contributed by atoms with E-state index in [0.717, 1.165) is 4.47 Å². The summed E-state index contributed by atoms with van der Waals surface area (Å²) in [7, 11) is 0. The maximum Gasteiger partial charge on any atom is 0.289 e. The minimum atomic E-state index is -0.297. The van der Waals surface area contributed by atoms with Gasteiger partial charge in [0.1, 0.15) is 5.76 Å². The second kappa shape index (κ2) is 9.71. The molecule has 2 N–H and O–H groups in total. The van der Waals surface area contributed by atoms with Gasteiger partial charge in [0, 0.05) is 30.7 Å². The third kappa shape index (κ3) is 5.91. The van der Waals surface area contributed by atoms with Crippen molar-refractivity contribution in [3.8, 4) is 0 Å². The Labute approximate surface area is 177 Å². The van der Waals surface area contributed by atoms with Gasteiger partial charge < -0.3 is 20.0 Å². The fourth-order valence-electron chi connectivity index (χ4n) is 3.01. The molecule has 1 aromatic heterocycles. The molecule has 0 radical (unpaired) electrons. The minimum Gasteiger partial charge on any atom is -0.456 e. The molecule has 9 heteroatoms. The monoisotopic (exact) mass is 462 g/mol. The lowest BCUT2D eigenvalue weighted by atomic mass is 10.2. The van der Waals surface area contributed by atoms with E-state index >= 15 is 0 Å². The molecule has 2 heterocycles. The smallest absolute Gasteiger partial charge is 0.289 e. The van der Waals surface area contributed by atoms with Crippen LogP contribution in [0.4, 0.5) is 5.69 Å². The molecule has 154 valence electrons. The number of halogens is 1. The Kier molecular flexibility index (Phi) is 7.05. The molecule has 1 fully saturated rings. The number of benzene rings is 1. The van der Waals surface area contributed by atoms with E-state index in [9.17, 15) is 14.4 Å². The Morgan fingerprint density at radius 2 is 1.76 bits per heavy atom. The summed E-state index contributed by atoms with van der Waals surface area (Å²) < 4.78 is 6.16. The maximum atomic E-state index is 12.4. The number of aryl methyl sites for hydroxylation is 1. The Morgan fingerprint density at radius 3 is 2.41 bits per heavy atom. The molecule has 8 nitrogen and oxygen atoms in total. The van der Waals surface area contributed by atoms with Crippen molar-refractivity contribution in [2.75, 3.05) is 44.6 Å². The Morgan fingerprint density at radius 1 is 1.03 bits per heavy atom. The van der Waals surface area contributed by atoms with E-state index in [4.69, 9.17) is 4.42 Å². The average molecular weight is 463 g/mol. The highest BCUT2D eigenvalue weighted by Crippen LogP contribution is 2.20. The lowest BCUT2D eigenvalue weighted by Gasteiger charge is -2.33. The molecule has 0 bridgehead atoms. The van der Waals surface area contributed by atoms with Gasteiger partial charge in [0.25, 0.3) is 5.91 Å². The van der Waals surface area contributed by atoms with E-state index in [1.807, 2.05) is 23.1 Å². The van der Waals surface area contributed by atoms with Crippen molar-refractivity contribution < 1.29 is 18.8 Å². The number of hydrogen-bond acceptors (Lipinski definition) is 5. The van der Waals surface area contributed by atoms with Gasteiger partial charge in [-0.05, 0) is 47.1 Å². The fourth-order valence-corrected chi connectivity index (χ4v) is 3.39. The number of carbonyl (C=O) groups excluding carboxylic acids is 3. The molecule has 1 aliphatic heterocycles. The van der Waals surface area contributed by atoms with Gasteiger partial charge in [-0.15, -0.1) is 0 Å². The first-order chi connectivity index (χ1) is 13.9. The first-order valence-electron chi connectivity index (χ1n) is 9.31. The number of carbonyl (C=O) groups is 3. The number of rotatable bonds is 6. The summed E-state index contributed by atoms with van der Waals surface area (Å²) in [5, 5.41) is 5.37. The van der Waals surface area contributed by atoms with Crippen molar-refractivity contribution in [2.24, 2.45) is 0 Å². The summed E-state index contributed by atoms with van der Waals surface area (Å²) in [5.74, 6) is 0.381. The van der Waals surface area contributed by atoms with Crippen LogP contribution in [-0.2, 0) is 9.59 Å². The first-order valence-corrected chi connectivity index (χ1v) is 10.1. The van der Waals surface area contributed by atoms with Gasteiger partial charge >= 0.3 is 0 Å². The molecule has 3 amide bonds. The normalized spacial score (nSPS) is 14.5. The summed E-state index contributed by atoms with van der Waals surface area (Å²) in [6, 6.07) is 10.7. The van der Waals surface area contributed by atoms with E-state index in [2.05, 4.69) is 26.6 Å². The van der Waals surface area contributed by atoms with E-state index < -0.39 is 0 Å². The number of anilines is 1. The van der Waals surface area contributed by atoms with Crippen molar-refractivity contribution >= 4 is 39.3 Å². The van der Waals surface area contributed by atoms with Crippen molar-refractivity contribution in [1.29, 1.82) is 0 Å². The summed E-state index contributed by atoms with van der Waals surface area (Å²) in [6.45, 7) is 4.10. The van der Waals surface area contributed by atoms with Crippen molar-refractivity contribution in [1.82, 2.24) is 15.1 Å². The molecule has 0 spiro atoms. The highest BCUT2D eigenvalue weighted by atomic mass is 79.9. The topological polar surface area (TPSA) is 94.9 Å². The van der Waals surface area contributed by atoms with Gasteiger partial charge in [-0.25, -0.2) is 0 Å². The number of amides is 3. The predicted molar refractivity (Wildman–Crippen MR) is 112 cm³/mol. The first kappa shape index (κ1) is 21.1. The Hall–Kier alpha value is -2.65. The van der Waals surface area contributed by atoms with Crippen LogP contribution in [0.2, 0.25) is 0 Å². The van der Waals surface area contributed by atoms with Crippen LogP contribution in [0.1, 0.15) is 16.3 Å². The van der Waals surface area contributed by atoms with Crippen LogP contribution in [0.5, 0.6) is 0 Å². The molecule has 0 aliphatic carbocycles. The molecular weight excluding hydrogens is 440 g/mol. The second-order valence-corrected chi connectivity index (χ2v) is 7.64. The van der Waals surface area contributed by atoms with Crippen LogP contribution in [0.25, 0.3) is 0 Å². The molecule has 1 aliphatic rings. The van der Waals surface area contributed by atoms with Gasteiger partial charge in [0.15, 0.2) is 5.76 Å². The van der Waals surface area contributed by atoms with E-state index in [0.29, 0.717) is 43.4 Å². The van der Waals surface area contributed by atoms with Gasteiger partial charge in [-0.2, -0.15) is 0 Å². The van der Waals surface area contributed by atoms with Crippen LogP contribution in [0.15, 0.2) is 45.3 Å². The quantitative estimate of drug-likeness (QED) is 0.682. The zero-order valence-corrected chi connectivity index (χ0v) is 17.7. The third-order valence-electron chi connectivity index (χ3n) is 4.57. The third-order valence-corrected chi connectivity index (χ3v) is 5.26. The highest BCUT2D eigenvalue weighted by Gasteiger charge is 2.25. The maximum absolute atomic E-state index is 12.4. The van der Waals surface area contributed by atoms with Crippen LogP contribution in [0.3, 0.4) is 0 Å². The predicted octanol–water partition coefficient (Wildman–Crippen LogP) is 1.86. The zero-order chi connectivity index (χ0) is 20.8. The molecule has 29 heavy (non-hydrogen) atoms. The van der Waals surface area contributed by atoms with Crippen LogP contribution in [-0.4, -0.2) is 66.8 Å². The van der Waals surface area contributed by atoms with E-state index in [1.165, 1.54) is 0 Å². The Bertz CT molecular complexity index is 890. The second-order valence-electron chi connectivity index (χ2n) is 6.78. The molecule has 2 aromatic rings. The molecule has 3 rings (SSSR count). The zero-order valence-electron chi connectivity index (χ0n) is 16.1. The number of nitrogens with zero attached hydrogens (tertiary/aromatic N) is 2. The number of hydrogen-bond donors (Lipinski definition) is 2. The molecule has 1 saturated heterocycles. The minimum absolute atomic E-state index is 0.101. The van der Waals surface area contributed by atoms with E-state index in [-0.39, 0.29) is 30.8 Å². The number of para-hydroxylation sites is 1. The van der Waals surface area contributed by atoms with Crippen LogP contribution in [0, 0.1) is 6.92 Å². The summed E-state index contributed by atoms with van der Waals surface area (Å²) in [6.07, 6.45) is 0. The molecule has 1 aromatic carbocycles. The highest BCUT2D eigenvalue weighted by molar-refractivity contribution is 9.10. The Balaban J connectivity index is 1.38. The standard InChI is InChI=1S/C20H23BrN4O4/c1-14-6-7-17(29-14)20(28)25-10-8-24(9-11-25)13-19(27)22-12-18(26)23-16-5-3-2-4-15(16)21/h2-7H,8-13H2,1H3,(H,22,27)(H,23,26). The van der Waals surface area contributed by atoms with Gasteiger partial charge in [-0.3, -0.25) is 19.3 Å². The van der Waals surface area contributed by atoms with Gasteiger partial charge in [0.2, 0.25) is 11.8 Å². The van der Waals surface area contributed by atoms with Crippen molar-refractivity contribution in [2.45, 2.75) is 6.92 Å². The number of piperazine rings is 1. The lowest BCUT2D eigenvalue weighted by Crippen LogP contribution is -2.51. The number of nitrogens with one attached hydrogen (secondary N) is 2.